The van der Waals surface area contributed by atoms with Gasteiger partial charge in [-0.05, 0) is 24.8 Å². The fourth-order valence-electron chi connectivity index (χ4n) is 1.11. The molecule has 3 N–H and O–H groups in total. The summed E-state index contributed by atoms with van der Waals surface area (Å²) in [5.41, 5.74) is 5.61. The van der Waals surface area contributed by atoms with Crippen LogP contribution >= 0.6 is 11.3 Å². The molecule has 78 valence electrons. The van der Waals surface area contributed by atoms with E-state index in [2.05, 4.69) is 5.32 Å². The lowest BCUT2D eigenvalue weighted by Gasteiger charge is -2.15. The molecule has 0 aliphatic heterocycles. The number of thiophene rings is 1. The van der Waals surface area contributed by atoms with Crippen molar-refractivity contribution >= 4 is 17.2 Å². The van der Waals surface area contributed by atoms with Crippen LogP contribution in [-0.2, 0) is 4.79 Å². The number of nitrogens with one attached hydrogen (secondary N) is 1. The quantitative estimate of drug-likeness (QED) is 0.797. The topological polar surface area (TPSA) is 55.1 Å². The van der Waals surface area contributed by atoms with Gasteiger partial charge < -0.3 is 11.1 Å². The van der Waals surface area contributed by atoms with Crippen molar-refractivity contribution in [3.05, 3.63) is 22.4 Å². The number of carbonyl (C=O) groups is 1. The maximum atomic E-state index is 11.4. The Balaban J connectivity index is 2.49. The summed E-state index contributed by atoms with van der Waals surface area (Å²) in [7, 11) is 0. The van der Waals surface area contributed by atoms with E-state index in [0.717, 1.165) is 4.88 Å². The SMILES string of the molecule is CCC(N)C(=O)NC(C)c1cccs1. The third-order valence-electron chi connectivity index (χ3n) is 2.11. The van der Waals surface area contributed by atoms with Gasteiger partial charge in [0.2, 0.25) is 5.91 Å². The van der Waals surface area contributed by atoms with Gasteiger partial charge >= 0.3 is 0 Å². The van der Waals surface area contributed by atoms with E-state index in [4.69, 9.17) is 5.73 Å². The number of rotatable bonds is 4. The molecule has 0 bridgehead atoms. The van der Waals surface area contributed by atoms with Crippen molar-refractivity contribution in [1.29, 1.82) is 0 Å². The molecule has 2 unspecified atom stereocenters. The first-order valence-corrected chi connectivity index (χ1v) is 5.62. The molecule has 1 amide bonds. The Bertz CT molecular complexity index is 284. The second-order valence-electron chi connectivity index (χ2n) is 3.26. The average molecular weight is 212 g/mol. The smallest absolute Gasteiger partial charge is 0.237 e. The minimum absolute atomic E-state index is 0.0556. The zero-order valence-corrected chi connectivity index (χ0v) is 9.30. The monoisotopic (exact) mass is 212 g/mol. The van der Waals surface area contributed by atoms with E-state index >= 15 is 0 Å². The molecular formula is C10H16N2OS. The van der Waals surface area contributed by atoms with Crippen molar-refractivity contribution in [2.45, 2.75) is 32.4 Å². The highest BCUT2D eigenvalue weighted by atomic mass is 32.1. The van der Waals surface area contributed by atoms with Gasteiger partial charge in [0.05, 0.1) is 12.1 Å². The van der Waals surface area contributed by atoms with Crippen molar-refractivity contribution in [3.63, 3.8) is 0 Å². The van der Waals surface area contributed by atoms with E-state index in [1.54, 1.807) is 11.3 Å². The molecule has 0 saturated carbocycles. The maximum Gasteiger partial charge on any atom is 0.237 e. The maximum absolute atomic E-state index is 11.4. The van der Waals surface area contributed by atoms with Gasteiger partial charge in [-0.25, -0.2) is 0 Å². The van der Waals surface area contributed by atoms with Gasteiger partial charge in [0.1, 0.15) is 0 Å². The van der Waals surface area contributed by atoms with E-state index in [9.17, 15) is 4.79 Å². The predicted molar refractivity (Wildman–Crippen MR) is 59.1 cm³/mol. The Hall–Kier alpha value is -0.870. The summed E-state index contributed by atoms with van der Waals surface area (Å²) < 4.78 is 0. The Labute approximate surface area is 88.3 Å². The number of carbonyl (C=O) groups excluding carboxylic acids is 1. The minimum Gasteiger partial charge on any atom is -0.347 e. The van der Waals surface area contributed by atoms with Gasteiger partial charge in [-0.1, -0.05) is 13.0 Å². The normalized spacial score (nSPS) is 14.8. The average Bonchev–Trinajstić information content (AvgIpc) is 2.69. The molecule has 0 radical (unpaired) electrons. The zero-order chi connectivity index (χ0) is 10.6. The highest BCUT2D eigenvalue weighted by Crippen LogP contribution is 2.17. The Morgan fingerprint density at radius 1 is 1.71 bits per heavy atom. The van der Waals surface area contributed by atoms with Crippen LogP contribution in [0.15, 0.2) is 17.5 Å². The van der Waals surface area contributed by atoms with E-state index in [0.29, 0.717) is 6.42 Å². The molecule has 0 aromatic carbocycles. The number of amides is 1. The third kappa shape index (κ3) is 2.82. The fourth-order valence-corrected chi connectivity index (χ4v) is 1.85. The van der Waals surface area contributed by atoms with Crippen molar-refractivity contribution in [1.82, 2.24) is 5.32 Å². The first kappa shape index (κ1) is 11.2. The standard InChI is InChI=1S/C10H16N2OS/c1-3-8(11)10(13)12-7(2)9-5-4-6-14-9/h4-8H,3,11H2,1-2H3,(H,12,13). The molecular weight excluding hydrogens is 196 g/mol. The lowest BCUT2D eigenvalue weighted by Crippen LogP contribution is -2.40. The van der Waals surface area contributed by atoms with Crippen molar-refractivity contribution in [2.75, 3.05) is 0 Å². The lowest BCUT2D eigenvalue weighted by atomic mass is 10.2. The molecule has 1 heterocycles. The summed E-state index contributed by atoms with van der Waals surface area (Å²) in [5.74, 6) is -0.0756. The van der Waals surface area contributed by atoms with Crippen LogP contribution in [0.5, 0.6) is 0 Å². The predicted octanol–water partition coefficient (Wildman–Crippen LogP) is 1.66. The largest absolute Gasteiger partial charge is 0.347 e. The van der Waals surface area contributed by atoms with Gasteiger partial charge in [0, 0.05) is 4.88 Å². The second kappa shape index (κ2) is 5.12. The summed E-state index contributed by atoms with van der Waals surface area (Å²) in [5, 5.41) is 4.88. The number of hydrogen-bond acceptors (Lipinski definition) is 3. The zero-order valence-electron chi connectivity index (χ0n) is 8.49. The third-order valence-corrected chi connectivity index (χ3v) is 3.16. The van der Waals surface area contributed by atoms with Crippen LogP contribution in [0.1, 0.15) is 31.2 Å². The molecule has 2 atom stereocenters. The molecule has 1 aromatic rings. The highest BCUT2D eigenvalue weighted by molar-refractivity contribution is 7.10. The van der Waals surface area contributed by atoms with Crippen LogP contribution in [0.25, 0.3) is 0 Å². The molecule has 14 heavy (non-hydrogen) atoms. The first-order valence-electron chi connectivity index (χ1n) is 4.74. The summed E-state index contributed by atoms with van der Waals surface area (Å²) in [4.78, 5) is 12.6. The number of hydrogen-bond donors (Lipinski definition) is 2. The molecule has 3 nitrogen and oxygen atoms in total. The van der Waals surface area contributed by atoms with Crippen LogP contribution in [0.2, 0.25) is 0 Å². The van der Waals surface area contributed by atoms with Gasteiger partial charge in [0.15, 0.2) is 0 Å². The molecule has 4 heteroatoms. The summed E-state index contributed by atoms with van der Waals surface area (Å²) in [6.45, 7) is 3.87. The van der Waals surface area contributed by atoms with Crippen LogP contribution in [-0.4, -0.2) is 11.9 Å². The Morgan fingerprint density at radius 3 is 2.93 bits per heavy atom. The molecule has 0 aliphatic carbocycles. The fraction of sp³-hybridized carbons (Fsp3) is 0.500. The van der Waals surface area contributed by atoms with Gasteiger partial charge in [-0.3, -0.25) is 4.79 Å². The molecule has 0 spiro atoms. The molecule has 1 aromatic heterocycles. The summed E-state index contributed by atoms with van der Waals surface area (Å²) in [6, 6.07) is 3.65. The minimum atomic E-state index is -0.391. The lowest BCUT2D eigenvalue weighted by molar-refractivity contribution is -0.123. The van der Waals surface area contributed by atoms with Crippen LogP contribution in [0.3, 0.4) is 0 Å². The molecule has 0 aliphatic rings. The van der Waals surface area contributed by atoms with E-state index in [1.807, 2.05) is 31.4 Å². The van der Waals surface area contributed by atoms with Gasteiger partial charge in [-0.2, -0.15) is 0 Å². The van der Waals surface area contributed by atoms with Crippen molar-refractivity contribution < 1.29 is 4.79 Å². The Morgan fingerprint density at radius 2 is 2.43 bits per heavy atom. The highest BCUT2D eigenvalue weighted by Gasteiger charge is 2.14. The van der Waals surface area contributed by atoms with Crippen molar-refractivity contribution in [2.24, 2.45) is 5.73 Å². The van der Waals surface area contributed by atoms with Crippen molar-refractivity contribution in [3.8, 4) is 0 Å². The van der Waals surface area contributed by atoms with E-state index in [-0.39, 0.29) is 11.9 Å². The summed E-state index contributed by atoms with van der Waals surface area (Å²) in [6.07, 6.45) is 0.670. The van der Waals surface area contributed by atoms with E-state index in [1.165, 1.54) is 0 Å². The molecule has 1 rings (SSSR count). The molecule has 0 fully saturated rings. The second-order valence-corrected chi connectivity index (χ2v) is 4.24. The van der Waals surface area contributed by atoms with E-state index < -0.39 is 6.04 Å². The summed E-state index contributed by atoms with van der Waals surface area (Å²) >= 11 is 1.64. The Kier molecular flexibility index (Phi) is 4.10. The first-order chi connectivity index (χ1) is 6.65. The molecule has 0 saturated heterocycles. The van der Waals surface area contributed by atoms with Crippen LogP contribution in [0.4, 0.5) is 0 Å². The van der Waals surface area contributed by atoms with Crippen LogP contribution in [0, 0.1) is 0 Å². The number of nitrogens with two attached hydrogens (primary N) is 1. The van der Waals surface area contributed by atoms with Gasteiger partial charge in [0.25, 0.3) is 0 Å². The van der Waals surface area contributed by atoms with Crippen LogP contribution < -0.4 is 11.1 Å². The van der Waals surface area contributed by atoms with Gasteiger partial charge in [-0.15, -0.1) is 11.3 Å².